The molecule has 0 radical (unpaired) electrons. The summed E-state index contributed by atoms with van der Waals surface area (Å²) >= 11 is 6.69. The van der Waals surface area contributed by atoms with Gasteiger partial charge in [-0.2, -0.15) is 0 Å². The number of carbonyl (C=O) groups excluding carboxylic acids is 1. The van der Waals surface area contributed by atoms with Crippen LogP contribution in [-0.4, -0.2) is 23.8 Å². The van der Waals surface area contributed by atoms with Crippen LogP contribution in [0.15, 0.2) is 54.6 Å². The van der Waals surface area contributed by atoms with Crippen molar-refractivity contribution in [3.8, 4) is 11.5 Å². The standard InChI is InChI=1S/C21H16Br2O6/c1-2-7-27-21(26)19-15(12-8-10(22)9-13(23)17(12)24)16-18(29-19)11-5-3-4-6-14(11)28-20(16)25/h3-6,8-9,15,19,24H,2,7H2,1H3/t15-,19-/m1/s1. The number of rotatable bonds is 4. The zero-order chi connectivity index (χ0) is 20.7. The van der Waals surface area contributed by atoms with Crippen LogP contribution in [0.1, 0.15) is 30.4 Å². The molecule has 0 unspecified atom stereocenters. The maximum absolute atomic E-state index is 12.9. The molecule has 2 aromatic carbocycles. The summed E-state index contributed by atoms with van der Waals surface area (Å²) in [5.74, 6) is -1.30. The number of halogens is 2. The summed E-state index contributed by atoms with van der Waals surface area (Å²) in [6.07, 6.45) is -0.480. The van der Waals surface area contributed by atoms with Crippen molar-refractivity contribution < 1.29 is 23.8 Å². The van der Waals surface area contributed by atoms with E-state index >= 15 is 0 Å². The molecule has 2 heterocycles. The van der Waals surface area contributed by atoms with E-state index in [-0.39, 0.29) is 23.7 Å². The highest BCUT2D eigenvalue weighted by Gasteiger charge is 2.46. The summed E-state index contributed by atoms with van der Waals surface area (Å²) in [5, 5.41) is 11.3. The third kappa shape index (κ3) is 3.44. The third-order valence-corrected chi connectivity index (χ3v) is 5.79. The molecule has 8 heteroatoms. The van der Waals surface area contributed by atoms with Gasteiger partial charge in [-0.3, -0.25) is 0 Å². The summed E-state index contributed by atoms with van der Waals surface area (Å²) in [4.78, 5) is 25.7. The Kier molecular flexibility index (Phi) is 5.40. The van der Waals surface area contributed by atoms with Gasteiger partial charge in [0.25, 0.3) is 0 Å². The summed E-state index contributed by atoms with van der Waals surface area (Å²) in [6, 6.07) is 10.3. The van der Waals surface area contributed by atoms with E-state index in [0.717, 1.165) is 0 Å². The van der Waals surface area contributed by atoms with Gasteiger partial charge in [0.05, 0.1) is 27.9 Å². The normalized spacial score (nSPS) is 17.8. The van der Waals surface area contributed by atoms with Gasteiger partial charge in [-0.1, -0.05) is 35.0 Å². The van der Waals surface area contributed by atoms with Crippen LogP contribution in [0.2, 0.25) is 0 Å². The van der Waals surface area contributed by atoms with Crippen LogP contribution in [-0.2, 0) is 9.53 Å². The maximum atomic E-state index is 12.9. The van der Waals surface area contributed by atoms with Gasteiger partial charge in [0.2, 0.25) is 6.10 Å². The number of benzene rings is 2. The minimum Gasteiger partial charge on any atom is -0.506 e. The second-order valence-corrected chi connectivity index (χ2v) is 8.41. The zero-order valence-electron chi connectivity index (χ0n) is 15.3. The van der Waals surface area contributed by atoms with Crippen molar-refractivity contribution in [1.82, 2.24) is 0 Å². The number of phenolic OH excluding ortho intramolecular Hbond substituents is 1. The average molecular weight is 524 g/mol. The van der Waals surface area contributed by atoms with Crippen LogP contribution in [0.5, 0.6) is 11.5 Å². The van der Waals surface area contributed by atoms with Gasteiger partial charge in [-0.05, 0) is 46.6 Å². The summed E-state index contributed by atoms with van der Waals surface area (Å²) in [5.41, 5.74) is 0.274. The molecule has 0 spiro atoms. The molecule has 0 fully saturated rings. The van der Waals surface area contributed by atoms with Gasteiger partial charge >= 0.3 is 11.6 Å². The molecule has 0 bridgehead atoms. The van der Waals surface area contributed by atoms with E-state index in [4.69, 9.17) is 13.9 Å². The quantitative estimate of drug-likeness (QED) is 0.388. The van der Waals surface area contributed by atoms with Crippen molar-refractivity contribution in [2.75, 3.05) is 6.61 Å². The monoisotopic (exact) mass is 522 g/mol. The molecule has 1 N–H and O–H groups in total. The Morgan fingerprint density at radius 3 is 2.76 bits per heavy atom. The molecule has 4 rings (SSSR count). The molecule has 3 aromatic rings. The van der Waals surface area contributed by atoms with Crippen molar-refractivity contribution in [2.45, 2.75) is 25.4 Å². The fourth-order valence-electron chi connectivity index (χ4n) is 3.49. The van der Waals surface area contributed by atoms with Crippen LogP contribution >= 0.6 is 31.9 Å². The Bertz CT molecular complexity index is 1170. The fourth-order valence-corrected chi connectivity index (χ4v) is 4.75. The Morgan fingerprint density at radius 1 is 1.24 bits per heavy atom. The Morgan fingerprint density at radius 2 is 2.00 bits per heavy atom. The number of hydrogen-bond donors (Lipinski definition) is 1. The first-order chi connectivity index (χ1) is 13.9. The van der Waals surface area contributed by atoms with Crippen LogP contribution < -0.4 is 10.4 Å². The van der Waals surface area contributed by atoms with Gasteiger partial charge in [-0.15, -0.1) is 0 Å². The van der Waals surface area contributed by atoms with Crippen molar-refractivity contribution in [3.63, 3.8) is 0 Å². The molecule has 0 saturated carbocycles. The van der Waals surface area contributed by atoms with Crippen molar-refractivity contribution >= 4 is 48.8 Å². The first-order valence-electron chi connectivity index (χ1n) is 8.99. The minimum atomic E-state index is -1.13. The van der Waals surface area contributed by atoms with Crippen LogP contribution in [0, 0.1) is 0 Å². The van der Waals surface area contributed by atoms with Gasteiger partial charge in [-0.25, -0.2) is 9.59 Å². The molecular formula is C21H16Br2O6. The Hall–Kier alpha value is -2.32. The smallest absolute Gasteiger partial charge is 0.348 e. The number of ether oxygens (including phenoxy) is 2. The number of hydrogen-bond acceptors (Lipinski definition) is 6. The van der Waals surface area contributed by atoms with E-state index in [0.29, 0.717) is 31.9 Å². The topological polar surface area (TPSA) is 86.0 Å². The highest BCUT2D eigenvalue weighted by Crippen LogP contribution is 2.48. The van der Waals surface area contributed by atoms with Gasteiger partial charge in [0, 0.05) is 10.0 Å². The molecule has 1 aliphatic heterocycles. The zero-order valence-corrected chi connectivity index (χ0v) is 18.4. The lowest BCUT2D eigenvalue weighted by Crippen LogP contribution is -2.32. The molecule has 2 atom stereocenters. The molecule has 29 heavy (non-hydrogen) atoms. The number of fused-ring (bicyclic) bond motifs is 3. The van der Waals surface area contributed by atoms with Gasteiger partial charge < -0.3 is 19.0 Å². The lowest BCUT2D eigenvalue weighted by atomic mass is 9.88. The molecule has 1 aromatic heterocycles. The molecule has 1 aliphatic rings. The van der Waals surface area contributed by atoms with Crippen molar-refractivity contribution in [3.05, 3.63) is 66.9 Å². The highest BCUT2D eigenvalue weighted by molar-refractivity contribution is 9.11. The van der Waals surface area contributed by atoms with E-state index in [1.54, 1.807) is 36.4 Å². The first kappa shape index (κ1) is 20.0. The minimum absolute atomic E-state index is 0.0875. The predicted octanol–water partition coefficient (Wildman–Crippen LogP) is 4.87. The second-order valence-electron chi connectivity index (χ2n) is 6.64. The fraction of sp³-hybridized carbons (Fsp3) is 0.238. The Balaban J connectivity index is 1.97. The van der Waals surface area contributed by atoms with Gasteiger partial charge in [0.1, 0.15) is 17.1 Å². The second kappa shape index (κ2) is 7.84. The first-order valence-corrected chi connectivity index (χ1v) is 10.6. The van der Waals surface area contributed by atoms with E-state index < -0.39 is 23.6 Å². The summed E-state index contributed by atoms with van der Waals surface area (Å²) in [6.45, 7) is 2.11. The number of esters is 1. The van der Waals surface area contributed by atoms with E-state index in [9.17, 15) is 14.7 Å². The highest BCUT2D eigenvalue weighted by atomic mass is 79.9. The maximum Gasteiger partial charge on any atom is 0.348 e. The molecular weight excluding hydrogens is 508 g/mol. The van der Waals surface area contributed by atoms with Gasteiger partial charge in [0.15, 0.2) is 0 Å². The molecule has 6 nitrogen and oxygen atoms in total. The van der Waals surface area contributed by atoms with Crippen molar-refractivity contribution in [2.24, 2.45) is 0 Å². The number of aromatic hydroxyl groups is 1. The Labute approximate surface area is 182 Å². The molecule has 0 aliphatic carbocycles. The van der Waals surface area contributed by atoms with E-state index in [2.05, 4.69) is 31.9 Å². The third-order valence-electron chi connectivity index (χ3n) is 4.73. The SMILES string of the molecule is CCCOC(=O)[C@@H]1Oc2c(c(=O)oc3ccccc23)[C@H]1c1cc(Br)cc(Br)c1O. The molecule has 150 valence electrons. The lowest BCUT2D eigenvalue weighted by molar-refractivity contribution is -0.151. The number of phenols is 1. The van der Waals surface area contributed by atoms with Crippen LogP contribution in [0.4, 0.5) is 0 Å². The lowest BCUT2D eigenvalue weighted by Gasteiger charge is -2.19. The summed E-state index contributed by atoms with van der Waals surface area (Å²) in [7, 11) is 0. The van der Waals surface area contributed by atoms with E-state index in [1.807, 2.05) is 6.92 Å². The van der Waals surface area contributed by atoms with Crippen LogP contribution in [0.3, 0.4) is 0 Å². The number of carbonyl (C=O) groups is 1. The van der Waals surface area contributed by atoms with E-state index in [1.165, 1.54) is 0 Å². The largest absolute Gasteiger partial charge is 0.506 e. The van der Waals surface area contributed by atoms with Crippen LogP contribution in [0.25, 0.3) is 11.0 Å². The molecule has 0 amide bonds. The van der Waals surface area contributed by atoms with Crippen molar-refractivity contribution in [1.29, 1.82) is 0 Å². The average Bonchev–Trinajstić information content (AvgIpc) is 3.10. The molecule has 0 saturated heterocycles. The number of para-hydroxylation sites is 1. The summed E-state index contributed by atoms with van der Waals surface area (Å²) < 4.78 is 17.8. The predicted molar refractivity (Wildman–Crippen MR) is 113 cm³/mol.